The number of aromatic nitrogens is 2. The molecule has 5 rings (SSSR count). The summed E-state index contributed by atoms with van der Waals surface area (Å²) >= 11 is 7.45. The number of anilines is 1. The Hall–Kier alpha value is -3.57. The number of phenols is 1. The van der Waals surface area contributed by atoms with Gasteiger partial charge in [0.25, 0.3) is 5.91 Å². The zero-order valence-electron chi connectivity index (χ0n) is 26.0. The fourth-order valence-electron chi connectivity index (χ4n) is 4.38. The van der Waals surface area contributed by atoms with Crippen molar-refractivity contribution in [2.75, 3.05) is 30.9 Å². The van der Waals surface area contributed by atoms with Crippen LogP contribution < -0.4 is 20.2 Å². The first-order chi connectivity index (χ1) is 22.4. The molecule has 3 heterocycles. The zero-order valence-corrected chi connectivity index (χ0v) is 30.9. The average molecular weight is 830 g/mol. The summed E-state index contributed by atoms with van der Waals surface area (Å²) in [5, 5.41) is 26.0. The number of nitrogens with two attached hydrogens (primary N) is 1. The number of rotatable bonds is 6. The molecule has 0 radical (unpaired) electrons. The van der Waals surface area contributed by atoms with E-state index in [-0.39, 0.29) is 48.5 Å². The van der Waals surface area contributed by atoms with Crippen LogP contribution in [0, 0.1) is 34.9 Å². The van der Waals surface area contributed by atoms with Crippen LogP contribution in [0.15, 0.2) is 38.2 Å². The number of terminal acetylenes is 1. The number of benzene rings is 2. The van der Waals surface area contributed by atoms with Gasteiger partial charge in [0.15, 0.2) is 19.8 Å². The highest BCUT2D eigenvalue weighted by Crippen LogP contribution is 2.38. The first-order valence-corrected chi connectivity index (χ1v) is 18.7. The van der Waals surface area contributed by atoms with Crippen LogP contribution >= 0.6 is 50.8 Å². The number of aromatic hydroxyl groups is 1. The molecule has 18 heteroatoms. The van der Waals surface area contributed by atoms with E-state index in [1.54, 1.807) is 12.1 Å². The third kappa shape index (κ3) is 10.5. The van der Waals surface area contributed by atoms with E-state index in [4.69, 9.17) is 32.2 Å². The van der Waals surface area contributed by atoms with Gasteiger partial charge in [-0.25, -0.2) is 9.38 Å². The topological polar surface area (TPSA) is 204 Å². The molecule has 0 aliphatic carbocycles. The largest absolute Gasteiger partial charge is 0.506 e. The fraction of sp³-hybridized carbons (Fsp3) is 0.367. The van der Waals surface area contributed by atoms with Gasteiger partial charge in [-0.3, -0.25) is 19.1 Å². The highest BCUT2D eigenvalue weighted by molar-refractivity contribution is 9.11. The number of carbonyl (C=O) groups is 2. The van der Waals surface area contributed by atoms with Gasteiger partial charge in [0.1, 0.15) is 29.1 Å². The third-order valence-corrected chi connectivity index (χ3v) is 9.83. The standard InChI is InChI=1S/C18H17FN4O2S.C7H3Br2NO.C5H12NO4P/c1-4-5-22-13-7-12(11(19)6-14(13)25-9-16(22)24)20-17-23-10-18(2,3)8-15(23)21-26-17;8-5-1-4(3-10)2-6(9)7(5)11;1-11(9,10)3-2-4(6)5(7)8/h1,6-7H,5,8-10H2,2-3H3;1-2,11H;4H,2-3,6H2,1H3,(H,7,8)(H,9,10)/b20-17-;;. The van der Waals surface area contributed by atoms with E-state index in [2.05, 4.69) is 61.0 Å². The monoisotopic (exact) mass is 828 g/mol. The molecule has 2 aromatic carbocycles. The van der Waals surface area contributed by atoms with E-state index < -0.39 is 25.2 Å². The number of hydrogen-bond acceptors (Lipinski definition) is 10. The Labute approximate surface area is 296 Å². The summed E-state index contributed by atoms with van der Waals surface area (Å²) in [7, 11) is -3.10. The summed E-state index contributed by atoms with van der Waals surface area (Å²) in [6, 6.07) is 6.80. The van der Waals surface area contributed by atoms with Crippen LogP contribution in [0.25, 0.3) is 0 Å². The van der Waals surface area contributed by atoms with E-state index in [0.717, 1.165) is 18.8 Å². The Balaban J connectivity index is 0.000000236. The molecule has 48 heavy (non-hydrogen) atoms. The predicted octanol–water partition coefficient (Wildman–Crippen LogP) is 4.73. The molecule has 13 nitrogen and oxygen atoms in total. The van der Waals surface area contributed by atoms with Crippen LogP contribution in [0.3, 0.4) is 0 Å². The molecule has 0 saturated heterocycles. The summed E-state index contributed by atoms with van der Waals surface area (Å²) in [4.78, 5) is 37.4. The van der Waals surface area contributed by atoms with Crippen LogP contribution in [-0.2, 0) is 27.1 Å². The maximum Gasteiger partial charge on any atom is 0.320 e. The van der Waals surface area contributed by atoms with Gasteiger partial charge in [-0.05, 0) is 61.9 Å². The second kappa shape index (κ2) is 16.2. The molecule has 0 bridgehead atoms. The summed E-state index contributed by atoms with van der Waals surface area (Å²) in [6.45, 7) is 6.24. The van der Waals surface area contributed by atoms with Gasteiger partial charge in [-0.15, -0.1) is 6.42 Å². The Morgan fingerprint density at radius 3 is 2.54 bits per heavy atom. The molecule has 2 aliphatic rings. The number of carboxylic acids is 1. The second-order valence-electron chi connectivity index (χ2n) is 11.6. The van der Waals surface area contributed by atoms with Crippen LogP contribution in [0.1, 0.15) is 31.7 Å². The Morgan fingerprint density at radius 2 is 1.98 bits per heavy atom. The molecule has 3 aromatic rings. The number of aliphatic carboxylic acids is 1. The lowest BCUT2D eigenvalue weighted by molar-refractivity contribution is -0.138. The van der Waals surface area contributed by atoms with E-state index in [1.807, 2.05) is 10.6 Å². The molecule has 5 N–H and O–H groups in total. The maximum atomic E-state index is 14.5. The van der Waals surface area contributed by atoms with Crippen LogP contribution in [0.2, 0.25) is 0 Å². The lowest BCUT2D eigenvalue weighted by atomic mass is 9.92. The summed E-state index contributed by atoms with van der Waals surface area (Å²) < 4.78 is 38.0. The lowest BCUT2D eigenvalue weighted by Crippen LogP contribution is -2.39. The van der Waals surface area contributed by atoms with Gasteiger partial charge < -0.3 is 30.1 Å². The zero-order chi connectivity index (χ0) is 36.0. The van der Waals surface area contributed by atoms with Gasteiger partial charge in [0.05, 0.1) is 32.8 Å². The molecular weight excluding hydrogens is 798 g/mol. The number of nitrogens with zero attached hydrogens (tertiary/aromatic N) is 5. The number of carbonyl (C=O) groups excluding carboxylic acids is 1. The lowest BCUT2D eigenvalue weighted by Gasteiger charge is -2.28. The first-order valence-electron chi connectivity index (χ1n) is 14.0. The molecule has 1 amide bonds. The van der Waals surface area contributed by atoms with Crippen molar-refractivity contribution in [2.45, 2.75) is 39.3 Å². The van der Waals surface area contributed by atoms with E-state index in [9.17, 15) is 23.7 Å². The Morgan fingerprint density at radius 1 is 1.33 bits per heavy atom. The SMILES string of the molecule is C#CCN1C(=O)COc2cc(F)c(/N=c3\snc4n3CC(C)(C)C4)cc21.CP(=O)(O)CCC(N)C(=O)O.N#Cc1cc(Br)c(O)c(Br)c1. The molecule has 0 fully saturated rings. The molecule has 256 valence electrons. The quantitative estimate of drug-likeness (QED) is 0.199. The van der Waals surface area contributed by atoms with Crippen LogP contribution in [0.4, 0.5) is 15.8 Å². The first kappa shape index (κ1) is 38.9. The number of halogens is 3. The van der Waals surface area contributed by atoms with Gasteiger partial charge in [0.2, 0.25) is 4.80 Å². The summed E-state index contributed by atoms with van der Waals surface area (Å²) in [6.07, 6.45) is 6.22. The predicted molar refractivity (Wildman–Crippen MR) is 185 cm³/mol. The van der Waals surface area contributed by atoms with Crippen molar-refractivity contribution in [3.05, 3.63) is 55.2 Å². The van der Waals surface area contributed by atoms with E-state index >= 15 is 0 Å². The van der Waals surface area contributed by atoms with E-state index in [0.29, 0.717) is 30.7 Å². The average Bonchev–Trinajstić information content (AvgIpc) is 3.51. The molecule has 2 unspecified atom stereocenters. The number of amides is 1. The van der Waals surface area contributed by atoms with Crippen molar-refractivity contribution < 1.29 is 38.4 Å². The molecule has 1 aromatic heterocycles. The van der Waals surface area contributed by atoms with Gasteiger partial charge in [-0.2, -0.15) is 9.64 Å². The van der Waals surface area contributed by atoms with Crippen molar-refractivity contribution >= 4 is 74.0 Å². The third-order valence-electron chi connectivity index (χ3n) is 6.75. The summed E-state index contributed by atoms with van der Waals surface area (Å²) in [5.74, 6) is 1.90. The van der Waals surface area contributed by atoms with Gasteiger partial charge in [0, 0.05) is 43.4 Å². The van der Waals surface area contributed by atoms with E-state index in [1.165, 1.54) is 35.2 Å². The molecule has 2 aliphatic heterocycles. The number of nitriles is 1. The smallest absolute Gasteiger partial charge is 0.320 e. The number of ether oxygens (including phenoxy) is 1. The normalized spacial score (nSPS) is 16.3. The fourth-order valence-corrected chi connectivity index (χ4v) is 7.08. The highest BCUT2D eigenvalue weighted by Gasteiger charge is 2.31. The highest BCUT2D eigenvalue weighted by atomic mass is 79.9. The maximum absolute atomic E-state index is 14.5. The minimum atomic E-state index is -3.10. The van der Waals surface area contributed by atoms with Gasteiger partial charge in [-0.1, -0.05) is 19.8 Å². The Kier molecular flexibility index (Phi) is 13.1. The minimum absolute atomic E-state index is 0.0412. The Bertz CT molecular complexity index is 1890. The molecule has 0 spiro atoms. The molecule has 0 saturated carbocycles. The number of hydrogen-bond donors (Lipinski definition) is 4. The molecular formula is C30H32Br2FN6O7PS. The second-order valence-corrected chi connectivity index (χ2v) is 16.6. The number of carboxylic acid groups (broad SMARTS) is 1. The minimum Gasteiger partial charge on any atom is -0.506 e. The van der Waals surface area contributed by atoms with Crippen LogP contribution in [-0.4, -0.2) is 67.9 Å². The van der Waals surface area contributed by atoms with Crippen molar-refractivity contribution in [1.29, 1.82) is 5.26 Å². The molecule has 2 atom stereocenters. The van der Waals surface area contributed by atoms with Crippen molar-refractivity contribution in [3.63, 3.8) is 0 Å². The van der Waals surface area contributed by atoms with Gasteiger partial charge >= 0.3 is 5.97 Å². The number of phenolic OH excluding ortho intramolecular Hbond substituents is 1. The summed E-state index contributed by atoms with van der Waals surface area (Å²) in [5.41, 5.74) is 6.27. The number of fused-ring (bicyclic) bond motifs is 2. The van der Waals surface area contributed by atoms with Crippen molar-refractivity contribution in [1.82, 2.24) is 8.94 Å². The van der Waals surface area contributed by atoms with Crippen molar-refractivity contribution in [2.24, 2.45) is 16.1 Å². The van der Waals surface area contributed by atoms with Crippen LogP contribution in [0.5, 0.6) is 11.5 Å². The van der Waals surface area contributed by atoms with Crippen molar-refractivity contribution in [3.8, 4) is 29.9 Å².